The lowest BCUT2D eigenvalue weighted by molar-refractivity contribution is 0.0905. The molecule has 2 atom stereocenters. The van der Waals surface area contributed by atoms with Gasteiger partial charge < -0.3 is 19.9 Å². The number of nitrogens with one attached hydrogen (secondary N) is 2. The summed E-state index contributed by atoms with van der Waals surface area (Å²) in [6, 6.07) is 7.92. The molecule has 172 valence electrons. The molecule has 0 unspecified atom stereocenters. The van der Waals surface area contributed by atoms with Gasteiger partial charge in [-0.15, -0.1) is 0 Å². The second-order valence-electron chi connectivity index (χ2n) is 8.33. The van der Waals surface area contributed by atoms with Gasteiger partial charge >= 0.3 is 0 Å². The van der Waals surface area contributed by atoms with Crippen LogP contribution in [0.4, 0.5) is 10.1 Å². The topological polar surface area (TPSA) is 103 Å². The van der Waals surface area contributed by atoms with Gasteiger partial charge in [-0.1, -0.05) is 0 Å². The minimum Gasteiger partial charge on any atom is -0.369 e. The Hall–Kier alpha value is -3.37. The van der Waals surface area contributed by atoms with Crippen molar-refractivity contribution in [1.82, 2.24) is 25.2 Å². The van der Waals surface area contributed by atoms with E-state index >= 15 is 0 Å². The summed E-state index contributed by atoms with van der Waals surface area (Å²) in [4.78, 5) is 40.2. The maximum atomic E-state index is 13.4. The van der Waals surface area contributed by atoms with Crippen molar-refractivity contribution in [2.24, 2.45) is 0 Å². The second-order valence-corrected chi connectivity index (χ2v) is 8.33. The quantitative estimate of drug-likeness (QED) is 0.618. The highest BCUT2D eigenvalue weighted by molar-refractivity contribution is 5.92. The Morgan fingerprint density at radius 2 is 2.03 bits per heavy atom. The van der Waals surface area contributed by atoms with Crippen LogP contribution < -0.4 is 15.8 Å². The standard InChI is InChI=1S/C23H25FN6O3/c1-25-23(32)19-5-3-15(12-26-19)29-6-8-30(9-7-29)16-11-20(33-13-16)21-27-18-4-2-14(24)10-17(18)22(31)28-21/h2-5,10,12,16,20H,6-9,11,13H2,1H3,(H,25,32)(H,27,28,31)/t16-,20-/m1/s1. The van der Waals surface area contributed by atoms with E-state index in [1.165, 1.54) is 18.2 Å². The minimum absolute atomic E-state index is 0.198. The Kier molecular flexibility index (Phi) is 5.77. The summed E-state index contributed by atoms with van der Waals surface area (Å²) in [6.07, 6.45) is 2.18. The highest BCUT2D eigenvalue weighted by Crippen LogP contribution is 2.30. The fourth-order valence-corrected chi connectivity index (χ4v) is 4.52. The molecule has 10 heteroatoms. The van der Waals surface area contributed by atoms with Crippen molar-refractivity contribution < 1.29 is 13.9 Å². The Morgan fingerprint density at radius 1 is 1.21 bits per heavy atom. The summed E-state index contributed by atoms with van der Waals surface area (Å²) in [5, 5.41) is 2.81. The zero-order chi connectivity index (χ0) is 22.9. The van der Waals surface area contributed by atoms with E-state index in [9.17, 15) is 14.0 Å². The molecular formula is C23H25FN6O3. The van der Waals surface area contributed by atoms with E-state index < -0.39 is 5.82 Å². The molecule has 0 aliphatic carbocycles. The zero-order valence-electron chi connectivity index (χ0n) is 18.3. The number of halogens is 1. The number of rotatable bonds is 4. The number of ether oxygens (including phenoxy) is 1. The SMILES string of the molecule is CNC(=O)c1ccc(N2CCN([C@H]3CO[C@@H](c4nc5ccc(F)cc5c(=O)[nH]4)C3)CC2)cn1. The molecule has 33 heavy (non-hydrogen) atoms. The van der Waals surface area contributed by atoms with Gasteiger partial charge in [-0.3, -0.25) is 14.5 Å². The number of aromatic amines is 1. The normalized spacial score (nSPS) is 21.5. The molecule has 4 heterocycles. The van der Waals surface area contributed by atoms with Gasteiger partial charge in [0, 0.05) is 39.3 Å². The van der Waals surface area contributed by atoms with Gasteiger partial charge in [0.25, 0.3) is 11.5 Å². The maximum Gasteiger partial charge on any atom is 0.269 e. The van der Waals surface area contributed by atoms with Gasteiger partial charge in [-0.05, 0) is 36.8 Å². The average Bonchev–Trinajstić information content (AvgIpc) is 3.34. The predicted octanol–water partition coefficient (Wildman–Crippen LogP) is 1.47. The number of fused-ring (bicyclic) bond motifs is 1. The van der Waals surface area contributed by atoms with Crippen LogP contribution in [0.5, 0.6) is 0 Å². The summed E-state index contributed by atoms with van der Waals surface area (Å²) in [6.45, 7) is 4.01. The Morgan fingerprint density at radius 3 is 2.76 bits per heavy atom. The zero-order valence-corrected chi connectivity index (χ0v) is 18.3. The van der Waals surface area contributed by atoms with Crippen LogP contribution in [0.2, 0.25) is 0 Å². The lowest BCUT2D eigenvalue weighted by Crippen LogP contribution is -2.50. The number of amides is 1. The van der Waals surface area contributed by atoms with E-state index in [2.05, 4.69) is 30.1 Å². The summed E-state index contributed by atoms with van der Waals surface area (Å²) in [5.74, 6) is -0.170. The first kappa shape index (κ1) is 21.5. The molecule has 1 amide bonds. The molecule has 9 nitrogen and oxygen atoms in total. The molecule has 1 aromatic carbocycles. The van der Waals surface area contributed by atoms with Gasteiger partial charge in [0.15, 0.2) is 0 Å². The third-order valence-corrected chi connectivity index (χ3v) is 6.37. The van der Waals surface area contributed by atoms with Crippen LogP contribution in [0.3, 0.4) is 0 Å². The number of aromatic nitrogens is 3. The van der Waals surface area contributed by atoms with Crippen LogP contribution in [-0.2, 0) is 4.74 Å². The monoisotopic (exact) mass is 452 g/mol. The largest absolute Gasteiger partial charge is 0.369 e. The van der Waals surface area contributed by atoms with Gasteiger partial charge in [-0.25, -0.2) is 14.4 Å². The van der Waals surface area contributed by atoms with Crippen LogP contribution in [-0.4, -0.2) is 71.6 Å². The minimum atomic E-state index is -0.461. The lowest BCUT2D eigenvalue weighted by atomic mass is 10.1. The molecule has 2 aliphatic heterocycles. The fourth-order valence-electron chi connectivity index (χ4n) is 4.52. The Bertz CT molecular complexity index is 1220. The summed E-state index contributed by atoms with van der Waals surface area (Å²) >= 11 is 0. The number of piperazine rings is 1. The van der Waals surface area contributed by atoms with Gasteiger partial charge in [0.2, 0.25) is 0 Å². The number of hydrogen-bond donors (Lipinski definition) is 2. The first-order valence-electron chi connectivity index (χ1n) is 11.0. The van der Waals surface area contributed by atoms with E-state index in [4.69, 9.17) is 4.74 Å². The van der Waals surface area contributed by atoms with E-state index in [1.54, 1.807) is 19.3 Å². The number of nitrogens with zero attached hydrogens (tertiary/aromatic N) is 4. The van der Waals surface area contributed by atoms with Crippen molar-refractivity contribution in [1.29, 1.82) is 0 Å². The third-order valence-electron chi connectivity index (χ3n) is 6.37. The van der Waals surface area contributed by atoms with Crippen LogP contribution in [0.25, 0.3) is 10.9 Å². The van der Waals surface area contributed by atoms with Crippen molar-refractivity contribution in [3.63, 3.8) is 0 Å². The molecule has 0 radical (unpaired) electrons. The fraction of sp³-hybridized carbons (Fsp3) is 0.391. The van der Waals surface area contributed by atoms with Crippen molar-refractivity contribution in [3.05, 3.63) is 64.2 Å². The predicted molar refractivity (Wildman–Crippen MR) is 121 cm³/mol. The molecule has 2 aromatic heterocycles. The van der Waals surface area contributed by atoms with Crippen molar-refractivity contribution in [2.45, 2.75) is 18.6 Å². The number of carbonyl (C=O) groups is 1. The smallest absolute Gasteiger partial charge is 0.269 e. The van der Waals surface area contributed by atoms with E-state index in [1.807, 2.05) is 6.07 Å². The van der Waals surface area contributed by atoms with Crippen LogP contribution in [0.15, 0.2) is 41.3 Å². The number of H-pyrrole nitrogens is 1. The van der Waals surface area contributed by atoms with Crippen LogP contribution in [0, 0.1) is 5.82 Å². The van der Waals surface area contributed by atoms with Crippen LogP contribution in [0.1, 0.15) is 28.8 Å². The summed E-state index contributed by atoms with van der Waals surface area (Å²) in [5.41, 5.74) is 1.51. The lowest BCUT2D eigenvalue weighted by Gasteiger charge is -2.38. The van der Waals surface area contributed by atoms with E-state index in [-0.39, 0.29) is 29.0 Å². The van der Waals surface area contributed by atoms with Crippen molar-refractivity contribution in [2.75, 3.05) is 44.7 Å². The molecule has 0 saturated carbocycles. The molecule has 5 rings (SSSR count). The molecule has 0 spiro atoms. The maximum absolute atomic E-state index is 13.4. The number of benzene rings is 1. The molecule has 2 N–H and O–H groups in total. The first-order chi connectivity index (χ1) is 16.0. The highest BCUT2D eigenvalue weighted by atomic mass is 19.1. The van der Waals surface area contributed by atoms with Crippen molar-refractivity contribution >= 4 is 22.5 Å². The Balaban J connectivity index is 1.21. The number of anilines is 1. The molecule has 2 fully saturated rings. The van der Waals surface area contributed by atoms with Gasteiger partial charge in [0.05, 0.1) is 29.4 Å². The van der Waals surface area contributed by atoms with E-state index in [0.717, 1.165) is 38.3 Å². The first-order valence-corrected chi connectivity index (χ1v) is 11.0. The second kappa shape index (κ2) is 8.87. The van der Waals surface area contributed by atoms with Gasteiger partial charge in [-0.2, -0.15) is 0 Å². The molecule has 3 aromatic rings. The molecular weight excluding hydrogens is 427 g/mol. The van der Waals surface area contributed by atoms with Gasteiger partial charge in [0.1, 0.15) is 23.4 Å². The van der Waals surface area contributed by atoms with Crippen LogP contribution >= 0.6 is 0 Å². The molecule has 2 saturated heterocycles. The number of carbonyl (C=O) groups excluding carboxylic acids is 1. The summed E-state index contributed by atoms with van der Waals surface area (Å²) < 4.78 is 19.4. The highest BCUT2D eigenvalue weighted by Gasteiger charge is 2.34. The van der Waals surface area contributed by atoms with E-state index in [0.29, 0.717) is 23.6 Å². The summed E-state index contributed by atoms with van der Waals surface area (Å²) in [7, 11) is 1.59. The molecule has 0 bridgehead atoms. The molecule has 2 aliphatic rings. The van der Waals surface area contributed by atoms with Crippen molar-refractivity contribution in [3.8, 4) is 0 Å². The number of hydrogen-bond acceptors (Lipinski definition) is 7. The third kappa shape index (κ3) is 4.31. The number of pyridine rings is 1. The average molecular weight is 452 g/mol. The Labute approximate surface area is 189 Å².